The largest absolute Gasteiger partial charge is 0.493 e. The minimum atomic E-state index is -0.558. The number of nitrogen functional groups attached to an aromatic ring is 1. The molecule has 0 saturated heterocycles. The number of methoxy groups -OCH3 is 3. The van der Waals surface area contributed by atoms with Crippen molar-refractivity contribution in [2.45, 2.75) is 25.7 Å². The number of carbonyl (C=O) groups excluding carboxylic acids is 1. The second kappa shape index (κ2) is 11.8. The summed E-state index contributed by atoms with van der Waals surface area (Å²) in [6.07, 6.45) is 1.78. The first kappa shape index (κ1) is 26.2. The predicted octanol–water partition coefficient (Wildman–Crippen LogP) is 3.47. The minimum Gasteiger partial charge on any atom is -0.493 e. The molecule has 0 aliphatic carbocycles. The first-order valence-electron chi connectivity index (χ1n) is 11.0. The molecular weight excluding hydrogens is 468 g/mol. The molecule has 0 aliphatic heterocycles. The van der Waals surface area contributed by atoms with Gasteiger partial charge < -0.3 is 24.7 Å². The third-order valence-electron chi connectivity index (χ3n) is 5.53. The average Bonchev–Trinajstić information content (AvgIpc) is 2.88. The van der Waals surface area contributed by atoms with Crippen LogP contribution in [0.2, 0.25) is 0 Å². The van der Waals surface area contributed by atoms with Crippen LogP contribution >= 0.6 is 0 Å². The Kier molecular flexibility index (Phi) is 8.61. The zero-order valence-electron chi connectivity index (χ0n) is 20.5. The normalized spacial score (nSPS) is 11.4. The Morgan fingerprint density at radius 3 is 2.36 bits per heavy atom. The fourth-order valence-corrected chi connectivity index (χ4v) is 3.70. The highest BCUT2D eigenvalue weighted by molar-refractivity contribution is 5.71. The fraction of sp³-hybridized carbons (Fsp3) is 0.320. The molecule has 0 amide bonds. The van der Waals surface area contributed by atoms with Crippen molar-refractivity contribution in [2.75, 3.05) is 33.7 Å². The second-order valence-electron chi connectivity index (χ2n) is 7.98. The number of carbonyl (C=O) groups is 1. The molecule has 0 aliphatic rings. The molecule has 0 fully saturated rings. The number of hydrogen-bond donors (Lipinski definition) is 1. The summed E-state index contributed by atoms with van der Waals surface area (Å²) in [4.78, 5) is 31.6. The lowest BCUT2D eigenvalue weighted by Gasteiger charge is -2.14. The van der Waals surface area contributed by atoms with Crippen LogP contribution in [0, 0.1) is 10.1 Å². The zero-order valence-corrected chi connectivity index (χ0v) is 20.5. The van der Waals surface area contributed by atoms with Crippen LogP contribution < -0.4 is 19.9 Å². The summed E-state index contributed by atoms with van der Waals surface area (Å²) in [5.41, 5.74) is 8.11. The van der Waals surface area contributed by atoms with E-state index in [2.05, 4.69) is 9.97 Å². The molecular formula is C25H28N4O7. The van der Waals surface area contributed by atoms with Crippen molar-refractivity contribution in [3.8, 4) is 17.2 Å². The van der Waals surface area contributed by atoms with Crippen molar-refractivity contribution < 1.29 is 28.7 Å². The van der Waals surface area contributed by atoms with E-state index in [1.165, 1.54) is 27.4 Å². The molecule has 3 rings (SSSR count). The van der Waals surface area contributed by atoms with Gasteiger partial charge in [0.2, 0.25) is 5.75 Å². The number of para-hydroxylation sites is 1. The molecule has 36 heavy (non-hydrogen) atoms. The summed E-state index contributed by atoms with van der Waals surface area (Å²) in [7, 11) is 4.60. The second-order valence-corrected chi connectivity index (χ2v) is 7.98. The maximum absolute atomic E-state index is 12.3. The summed E-state index contributed by atoms with van der Waals surface area (Å²) < 4.78 is 21.4. The van der Waals surface area contributed by atoms with Gasteiger partial charge >= 0.3 is 5.97 Å². The van der Waals surface area contributed by atoms with Gasteiger partial charge in [0.25, 0.3) is 5.69 Å². The van der Waals surface area contributed by atoms with Gasteiger partial charge in [0.1, 0.15) is 18.1 Å². The number of rotatable bonds is 11. The van der Waals surface area contributed by atoms with Crippen molar-refractivity contribution in [1.29, 1.82) is 0 Å². The molecule has 2 aromatic carbocycles. The van der Waals surface area contributed by atoms with E-state index in [0.717, 1.165) is 5.56 Å². The summed E-state index contributed by atoms with van der Waals surface area (Å²) in [6, 6.07) is 9.98. The van der Waals surface area contributed by atoms with E-state index in [1.807, 2.05) is 12.1 Å². The summed E-state index contributed by atoms with van der Waals surface area (Å²) in [5, 5.41) is 11.2. The third-order valence-corrected chi connectivity index (χ3v) is 5.53. The number of hydrogen-bond acceptors (Lipinski definition) is 10. The number of anilines is 1. The highest BCUT2D eigenvalue weighted by Gasteiger charge is 2.20. The zero-order chi connectivity index (χ0) is 26.2. The van der Waals surface area contributed by atoms with Crippen molar-refractivity contribution in [3.05, 3.63) is 75.2 Å². The van der Waals surface area contributed by atoms with Crippen LogP contribution in [0.15, 0.2) is 42.6 Å². The van der Waals surface area contributed by atoms with Crippen LogP contribution in [0.5, 0.6) is 17.2 Å². The molecule has 1 aromatic heterocycles. The van der Waals surface area contributed by atoms with Gasteiger partial charge in [-0.1, -0.05) is 25.1 Å². The Hall–Kier alpha value is -4.41. The topological polar surface area (TPSA) is 149 Å². The molecule has 1 atom stereocenters. The molecule has 0 bridgehead atoms. The van der Waals surface area contributed by atoms with Crippen LogP contribution in [-0.2, 0) is 22.4 Å². The Morgan fingerprint density at radius 2 is 1.78 bits per heavy atom. The lowest BCUT2D eigenvalue weighted by Crippen LogP contribution is -2.16. The number of nitro groups is 1. The van der Waals surface area contributed by atoms with E-state index in [1.54, 1.807) is 31.3 Å². The van der Waals surface area contributed by atoms with Gasteiger partial charge in [-0.15, -0.1) is 0 Å². The molecule has 11 nitrogen and oxygen atoms in total. The number of esters is 1. The fourth-order valence-electron chi connectivity index (χ4n) is 3.70. The van der Waals surface area contributed by atoms with Crippen molar-refractivity contribution in [2.24, 2.45) is 0 Å². The number of benzene rings is 2. The maximum Gasteiger partial charge on any atom is 0.313 e. The molecule has 2 N–H and O–H groups in total. The lowest BCUT2D eigenvalue weighted by atomic mass is 10.0. The van der Waals surface area contributed by atoms with Gasteiger partial charge in [-0.3, -0.25) is 14.9 Å². The van der Waals surface area contributed by atoms with Gasteiger partial charge in [0.15, 0.2) is 11.5 Å². The molecule has 3 aromatic rings. The quantitative estimate of drug-likeness (QED) is 0.237. The van der Waals surface area contributed by atoms with Crippen molar-refractivity contribution >= 4 is 17.5 Å². The molecule has 0 radical (unpaired) electrons. The van der Waals surface area contributed by atoms with Crippen LogP contribution in [0.3, 0.4) is 0 Å². The standard InChI is InChI=1S/C25H28N4O7/c1-15(18-7-5-6-8-19(18)29(31)32)14-36-23(30)12-22-27-13-17(25(26)28-22)9-16-10-20(33-2)24(35-4)21(11-16)34-3/h5-8,10-11,13,15H,9,12,14H2,1-4H3,(H2,26,27,28). The van der Waals surface area contributed by atoms with E-state index in [-0.39, 0.29) is 36.3 Å². The smallest absolute Gasteiger partial charge is 0.313 e. The number of nitrogens with zero attached hydrogens (tertiary/aromatic N) is 3. The number of aromatic nitrogens is 2. The van der Waals surface area contributed by atoms with Crippen LogP contribution in [0.4, 0.5) is 11.5 Å². The maximum atomic E-state index is 12.3. The van der Waals surface area contributed by atoms with Crippen LogP contribution in [-0.4, -0.2) is 48.8 Å². The van der Waals surface area contributed by atoms with Crippen LogP contribution in [0.25, 0.3) is 0 Å². The molecule has 0 saturated carbocycles. The van der Waals surface area contributed by atoms with E-state index in [9.17, 15) is 14.9 Å². The Balaban J connectivity index is 1.64. The van der Waals surface area contributed by atoms with E-state index in [0.29, 0.717) is 34.8 Å². The highest BCUT2D eigenvalue weighted by atomic mass is 16.6. The third kappa shape index (κ3) is 6.17. The average molecular weight is 497 g/mol. The highest BCUT2D eigenvalue weighted by Crippen LogP contribution is 2.38. The number of nitro benzene ring substituents is 1. The van der Waals surface area contributed by atoms with Gasteiger partial charge in [0.05, 0.1) is 32.9 Å². The van der Waals surface area contributed by atoms with Crippen LogP contribution in [0.1, 0.15) is 35.4 Å². The van der Waals surface area contributed by atoms with E-state index < -0.39 is 10.9 Å². The SMILES string of the molecule is COc1cc(Cc2cnc(CC(=O)OCC(C)c3ccccc3[N+](=O)[O-])nc2N)cc(OC)c1OC. The van der Waals surface area contributed by atoms with E-state index >= 15 is 0 Å². The predicted molar refractivity (Wildman–Crippen MR) is 132 cm³/mol. The molecule has 1 heterocycles. The van der Waals surface area contributed by atoms with E-state index in [4.69, 9.17) is 24.7 Å². The number of ether oxygens (including phenoxy) is 4. The monoisotopic (exact) mass is 496 g/mol. The Labute approximate surface area is 208 Å². The summed E-state index contributed by atoms with van der Waals surface area (Å²) in [6.45, 7) is 1.74. The number of nitrogens with two attached hydrogens (primary N) is 1. The Bertz CT molecular complexity index is 1220. The van der Waals surface area contributed by atoms with Crippen molar-refractivity contribution in [3.63, 3.8) is 0 Å². The molecule has 11 heteroatoms. The summed E-state index contributed by atoms with van der Waals surface area (Å²) >= 11 is 0. The Morgan fingerprint density at radius 1 is 1.11 bits per heavy atom. The van der Waals surface area contributed by atoms with Gasteiger partial charge in [-0.25, -0.2) is 9.97 Å². The van der Waals surface area contributed by atoms with Gasteiger partial charge in [-0.2, -0.15) is 0 Å². The molecule has 0 spiro atoms. The molecule has 190 valence electrons. The minimum absolute atomic E-state index is 0.0140. The van der Waals surface area contributed by atoms with Gasteiger partial charge in [-0.05, 0) is 17.7 Å². The first-order valence-corrected chi connectivity index (χ1v) is 11.0. The summed E-state index contributed by atoms with van der Waals surface area (Å²) in [5.74, 6) is 1.04. The first-order chi connectivity index (χ1) is 17.3. The van der Waals surface area contributed by atoms with Gasteiger partial charge in [0, 0.05) is 35.7 Å². The van der Waals surface area contributed by atoms with Crippen molar-refractivity contribution in [1.82, 2.24) is 9.97 Å². The molecule has 1 unspecified atom stereocenters. The lowest BCUT2D eigenvalue weighted by molar-refractivity contribution is -0.385.